The Balaban J connectivity index is 1.62. The van der Waals surface area contributed by atoms with Crippen LogP contribution >= 0.6 is 0 Å². The van der Waals surface area contributed by atoms with Crippen LogP contribution in [0.4, 0.5) is 4.79 Å². The van der Waals surface area contributed by atoms with Crippen molar-refractivity contribution in [2.45, 2.75) is 25.5 Å². The molecule has 0 radical (unpaired) electrons. The molecule has 1 aliphatic heterocycles. The van der Waals surface area contributed by atoms with Crippen LogP contribution in [0.5, 0.6) is 0 Å². The van der Waals surface area contributed by atoms with Gasteiger partial charge in [-0.2, -0.15) is 5.10 Å². The molecule has 2 heterocycles. The Bertz CT molecular complexity index is 455. The van der Waals surface area contributed by atoms with Gasteiger partial charge in [0.2, 0.25) is 0 Å². The lowest BCUT2D eigenvalue weighted by Gasteiger charge is -2.31. The Hall–Kier alpha value is -2.09. The van der Waals surface area contributed by atoms with E-state index in [0.717, 1.165) is 0 Å². The Kier molecular flexibility index (Phi) is 5.56. The van der Waals surface area contributed by atoms with E-state index in [1.807, 2.05) is 12.3 Å². The fourth-order valence-corrected chi connectivity index (χ4v) is 2.24. The van der Waals surface area contributed by atoms with Crippen LogP contribution < -0.4 is 5.32 Å². The van der Waals surface area contributed by atoms with Gasteiger partial charge in [0.15, 0.2) is 0 Å². The smallest absolute Gasteiger partial charge is 0.329 e. The molecule has 116 valence electrons. The number of carboxylic acid groups (broad SMARTS) is 1. The van der Waals surface area contributed by atoms with E-state index in [0.29, 0.717) is 39.0 Å². The van der Waals surface area contributed by atoms with Gasteiger partial charge in [-0.1, -0.05) is 0 Å². The number of ether oxygens (including phenoxy) is 1. The number of hydrogen-bond donors (Lipinski definition) is 2. The lowest BCUT2D eigenvalue weighted by Crippen LogP contribution is -2.46. The van der Waals surface area contributed by atoms with E-state index < -0.39 is 5.97 Å². The number of hydrogen-bond acceptors (Lipinski definition) is 4. The number of nitrogens with one attached hydrogen (secondary N) is 1. The van der Waals surface area contributed by atoms with Crippen molar-refractivity contribution in [3.8, 4) is 0 Å². The van der Waals surface area contributed by atoms with Crippen LogP contribution in [0.3, 0.4) is 0 Å². The van der Waals surface area contributed by atoms with Gasteiger partial charge in [-0.25, -0.2) is 9.59 Å². The number of urea groups is 1. The summed E-state index contributed by atoms with van der Waals surface area (Å²) in [5, 5.41) is 15.5. The number of nitrogens with zero attached hydrogens (tertiary/aromatic N) is 3. The quantitative estimate of drug-likeness (QED) is 0.779. The third-order valence-electron chi connectivity index (χ3n) is 3.35. The van der Waals surface area contributed by atoms with Crippen molar-refractivity contribution in [3.63, 3.8) is 0 Å². The van der Waals surface area contributed by atoms with Crippen molar-refractivity contribution in [2.75, 3.05) is 26.2 Å². The number of carboxylic acids is 1. The van der Waals surface area contributed by atoms with Crippen molar-refractivity contribution < 1.29 is 19.4 Å². The van der Waals surface area contributed by atoms with Gasteiger partial charge in [-0.15, -0.1) is 0 Å². The van der Waals surface area contributed by atoms with Crippen LogP contribution in [0.15, 0.2) is 18.5 Å². The van der Waals surface area contributed by atoms with Crippen LogP contribution in [-0.2, 0) is 16.1 Å². The number of carbonyl (C=O) groups excluding carboxylic acids is 1. The summed E-state index contributed by atoms with van der Waals surface area (Å²) in [4.78, 5) is 24.1. The van der Waals surface area contributed by atoms with Crippen molar-refractivity contribution in [3.05, 3.63) is 18.5 Å². The summed E-state index contributed by atoms with van der Waals surface area (Å²) in [7, 11) is 0. The van der Waals surface area contributed by atoms with E-state index >= 15 is 0 Å². The van der Waals surface area contributed by atoms with E-state index in [-0.39, 0.29) is 18.7 Å². The zero-order valence-corrected chi connectivity index (χ0v) is 11.8. The zero-order valence-electron chi connectivity index (χ0n) is 11.8. The van der Waals surface area contributed by atoms with Crippen LogP contribution in [-0.4, -0.2) is 64.1 Å². The highest BCUT2D eigenvalue weighted by Gasteiger charge is 2.23. The van der Waals surface area contributed by atoms with Crippen molar-refractivity contribution in [1.29, 1.82) is 0 Å². The SMILES string of the molecule is O=C(O)COC1CCN(C(=O)NCCn2cccn2)CC1. The normalized spacial score (nSPS) is 15.9. The third kappa shape index (κ3) is 5.07. The molecule has 0 unspecified atom stereocenters. The molecule has 0 aromatic carbocycles. The van der Waals surface area contributed by atoms with Crippen LogP contribution in [0.25, 0.3) is 0 Å². The molecular weight excluding hydrogens is 276 g/mol. The number of aromatic nitrogens is 2. The molecule has 8 heteroatoms. The minimum atomic E-state index is -0.964. The first-order valence-corrected chi connectivity index (χ1v) is 6.99. The summed E-state index contributed by atoms with van der Waals surface area (Å²) in [6, 6.07) is 1.74. The molecule has 1 aromatic heterocycles. The summed E-state index contributed by atoms with van der Waals surface area (Å²) >= 11 is 0. The molecule has 1 aliphatic rings. The second-order valence-corrected chi connectivity index (χ2v) is 4.89. The molecule has 0 spiro atoms. The highest BCUT2D eigenvalue weighted by molar-refractivity contribution is 5.74. The summed E-state index contributed by atoms with van der Waals surface area (Å²) in [5.74, 6) is -0.964. The number of rotatable bonds is 6. The molecule has 1 fully saturated rings. The van der Waals surface area contributed by atoms with E-state index in [4.69, 9.17) is 9.84 Å². The summed E-state index contributed by atoms with van der Waals surface area (Å²) in [6.07, 6.45) is 4.80. The van der Waals surface area contributed by atoms with Gasteiger partial charge in [-0.05, 0) is 18.9 Å². The molecule has 21 heavy (non-hydrogen) atoms. The second kappa shape index (κ2) is 7.63. The minimum Gasteiger partial charge on any atom is -0.480 e. The molecule has 0 atom stereocenters. The number of aliphatic carboxylic acids is 1. The maximum absolute atomic E-state index is 11.9. The summed E-state index contributed by atoms with van der Waals surface area (Å²) < 4.78 is 6.99. The van der Waals surface area contributed by atoms with Crippen molar-refractivity contribution >= 4 is 12.0 Å². The Labute approximate surface area is 122 Å². The summed E-state index contributed by atoms with van der Waals surface area (Å²) in [6.45, 7) is 2.05. The van der Waals surface area contributed by atoms with E-state index in [1.54, 1.807) is 15.8 Å². The molecule has 2 N–H and O–H groups in total. The summed E-state index contributed by atoms with van der Waals surface area (Å²) in [5.41, 5.74) is 0. The van der Waals surface area contributed by atoms with Gasteiger partial charge >= 0.3 is 12.0 Å². The topological polar surface area (TPSA) is 96.7 Å². The van der Waals surface area contributed by atoms with Gasteiger partial charge in [0, 0.05) is 32.0 Å². The number of piperidine rings is 1. The van der Waals surface area contributed by atoms with Gasteiger partial charge in [0.25, 0.3) is 0 Å². The van der Waals surface area contributed by atoms with E-state index in [2.05, 4.69) is 10.4 Å². The van der Waals surface area contributed by atoms with Crippen molar-refractivity contribution in [1.82, 2.24) is 20.0 Å². The second-order valence-electron chi connectivity index (χ2n) is 4.89. The highest BCUT2D eigenvalue weighted by atomic mass is 16.5. The highest BCUT2D eigenvalue weighted by Crippen LogP contribution is 2.13. The Morgan fingerprint density at radius 2 is 2.14 bits per heavy atom. The standard InChI is InChI=1S/C13H20N4O4/c18-12(19)10-21-11-2-7-16(8-3-11)13(20)14-5-9-17-6-1-4-15-17/h1,4,6,11H,2-3,5,7-10H2,(H,14,20)(H,18,19). The van der Waals surface area contributed by atoms with Gasteiger partial charge < -0.3 is 20.1 Å². The monoisotopic (exact) mass is 296 g/mol. The largest absolute Gasteiger partial charge is 0.480 e. The molecule has 1 aromatic rings. The van der Waals surface area contributed by atoms with Crippen LogP contribution in [0.1, 0.15) is 12.8 Å². The number of amides is 2. The fraction of sp³-hybridized carbons (Fsp3) is 0.615. The fourth-order valence-electron chi connectivity index (χ4n) is 2.24. The third-order valence-corrected chi connectivity index (χ3v) is 3.35. The Morgan fingerprint density at radius 3 is 2.76 bits per heavy atom. The number of likely N-dealkylation sites (tertiary alicyclic amines) is 1. The molecule has 0 bridgehead atoms. The lowest BCUT2D eigenvalue weighted by molar-refractivity contribution is -0.145. The van der Waals surface area contributed by atoms with Gasteiger partial charge in [0.1, 0.15) is 6.61 Å². The van der Waals surface area contributed by atoms with E-state index in [9.17, 15) is 9.59 Å². The maximum Gasteiger partial charge on any atom is 0.329 e. The molecule has 0 saturated carbocycles. The predicted molar refractivity (Wildman–Crippen MR) is 73.8 cm³/mol. The van der Waals surface area contributed by atoms with Gasteiger partial charge in [0.05, 0.1) is 12.6 Å². The first-order valence-electron chi connectivity index (χ1n) is 6.99. The first-order chi connectivity index (χ1) is 10.1. The minimum absolute atomic E-state index is 0.0748. The average molecular weight is 296 g/mol. The molecule has 1 saturated heterocycles. The zero-order chi connectivity index (χ0) is 15.1. The lowest BCUT2D eigenvalue weighted by atomic mass is 10.1. The van der Waals surface area contributed by atoms with Crippen LogP contribution in [0.2, 0.25) is 0 Å². The molecule has 2 rings (SSSR count). The van der Waals surface area contributed by atoms with Crippen LogP contribution in [0, 0.1) is 0 Å². The first kappa shape index (κ1) is 15.3. The maximum atomic E-state index is 11.9. The molecule has 2 amide bonds. The molecular formula is C13H20N4O4. The van der Waals surface area contributed by atoms with Crippen molar-refractivity contribution in [2.24, 2.45) is 0 Å². The number of carbonyl (C=O) groups is 2. The molecule has 0 aliphatic carbocycles. The average Bonchev–Trinajstić information content (AvgIpc) is 2.99. The molecule has 8 nitrogen and oxygen atoms in total. The van der Waals surface area contributed by atoms with E-state index in [1.165, 1.54) is 0 Å². The Morgan fingerprint density at radius 1 is 1.38 bits per heavy atom. The van der Waals surface area contributed by atoms with Gasteiger partial charge in [-0.3, -0.25) is 4.68 Å². The predicted octanol–water partition coefficient (Wildman–Crippen LogP) is 0.158.